The first kappa shape index (κ1) is 20.9. The van der Waals surface area contributed by atoms with E-state index in [1.807, 2.05) is 30.3 Å². The molecule has 0 unspecified atom stereocenters. The summed E-state index contributed by atoms with van der Waals surface area (Å²) in [5.74, 6) is -0.949. The molecule has 0 saturated heterocycles. The van der Waals surface area contributed by atoms with E-state index in [0.717, 1.165) is 35.6 Å². The van der Waals surface area contributed by atoms with E-state index in [0.29, 0.717) is 12.8 Å². The second kappa shape index (κ2) is 9.56. The molecule has 1 heterocycles. The standard InChI is InChI=1S/C21H25NO4S2/c23-21(24)20-7-2-1-5-16(20)15-28(25,26)19-10-8-18(9-11-19)27-14-12-17-6-3-4-13-22-17/h3-4,6,8-11,13,16,20H,1-2,5,7,12,14-15H2,(H,23,24)/t16-,20+/m0/s1. The summed E-state index contributed by atoms with van der Waals surface area (Å²) in [7, 11) is -3.49. The monoisotopic (exact) mass is 419 g/mol. The molecule has 7 heteroatoms. The zero-order valence-corrected chi connectivity index (χ0v) is 17.3. The topological polar surface area (TPSA) is 84.3 Å². The number of hydrogen-bond donors (Lipinski definition) is 1. The smallest absolute Gasteiger partial charge is 0.306 e. The molecule has 1 saturated carbocycles. The van der Waals surface area contributed by atoms with Gasteiger partial charge in [-0.05, 0) is 61.6 Å². The molecule has 28 heavy (non-hydrogen) atoms. The van der Waals surface area contributed by atoms with Crippen molar-refractivity contribution in [3.63, 3.8) is 0 Å². The van der Waals surface area contributed by atoms with E-state index >= 15 is 0 Å². The number of carboxylic acids is 1. The fourth-order valence-electron chi connectivity index (χ4n) is 3.67. The summed E-state index contributed by atoms with van der Waals surface area (Å²) >= 11 is 1.66. The van der Waals surface area contributed by atoms with Gasteiger partial charge in [-0.25, -0.2) is 8.42 Å². The fourth-order valence-corrected chi connectivity index (χ4v) is 6.25. The Morgan fingerprint density at radius 2 is 1.86 bits per heavy atom. The van der Waals surface area contributed by atoms with Crippen LogP contribution in [-0.4, -0.2) is 36.0 Å². The molecule has 1 aromatic carbocycles. The van der Waals surface area contributed by atoms with Crippen LogP contribution in [0.1, 0.15) is 31.4 Å². The number of aliphatic carboxylic acids is 1. The fraction of sp³-hybridized carbons (Fsp3) is 0.429. The Kier molecular flexibility index (Phi) is 7.13. The van der Waals surface area contributed by atoms with Gasteiger partial charge in [0.15, 0.2) is 9.84 Å². The summed E-state index contributed by atoms with van der Waals surface area (Å²) in [6.07, 6.45) is 5.62. The van der Waals surface area contributed by atoms with E-state index in [4.69, 9.17) is 0 Å². The number of aromatic nitrogens is 1. The number of carboxylic acid groups (broad SMARTS) is 1. The normalized spacial score (nSPS) is 20.0. The van der Waals surface area contributed by atoms with Gasteiger partial charge >= 0.3 is 5.97 Å². The molecule has 5 nitrogen and oxygen atoms in total. The zero-order chi connectivity index (χ0) is 20.0. The van der Waals surface area contributed by atoms with E-state index in [9.17, 15) is 18.3 Å². The highest BCUT2D eigenvalue weighted by Crippen LogP contribution is 2.33. The van der Waals surface area contributed by atoms with Gasteiger partial charge in [-0.1, -0.05) is 18.9 Å². The molecule has 0 spiro atoms. The predicted molar refractivity (Wildman–Crippen MR) is 110 cm³/mol. The average molecular weight is 420 g/mol. The molecule has 0 bridgehead atoms. The minimum Gasteiger partial charge on any atom is -0.481 e. The Labute approximate surface area is 170 Å². The van der Waals surface area contributed by atoms with E-state index in [2.05, 4.69) is 4.98 Å². The van der Waals surface area contributed by atoms with Gasteiger partial charge in [0.2, 0.25) is 0 Å². The minimum absolute atomic E-state index is 0.0872. The second-order valence-electron chi connectivity index (χ2n) is 7.16. The largest absolute Gasteiger partial charge is 0.481 e. The number of pyridine rings is 1. The Balaban J connectivity index is 1.59. The summed E-state index contributed by atoms with van der Waals surface area (Å²) in [5.41, 5.74) is 1.04. The van der Waals surface area contributed by atoms with Crippen molar-refractivity contribution in [2.75, 3.05) is 11.5 Å². The SMILES string of the molecule is O=C(O)[C@@H]1CCCC[C@H]1CS(=O)(=O)c1ccc(SCCc2ccccn2)cc1. The van der Waals surface area contributed by atoms with Gasteiger partial charge in [0.25, 0.3) is 0 Å². The lowest BCUT2D eigenvalue weighted by atomic mass is 9.80. The molecule has 1 N–H and O–H groups in total. The molecule has 150 valence electrons. The van der Waals surface area contributed by atoms with Crippen molar-refractivity contribution in [1.29, 1.82) is 0 Å². The number of sulfone groups is 1. The summed E-state index contributed by atoms with van der Waals surface area (Å²) in [5, 5.41) is 9.38. The lowest BCUT2D eigenvalue weighted by molar-refractivity contribution is -0.144. The van der Waals surface area contributed by atoms with E-state index in [1.54, 1.807) is 30.1 Å². The van der Waals surface area contributed by atoms with Crippen LogP contribution in [-0.2, 0) is 21.1 Å². The molecule has 2 aromatic rings. The molecule has 1 fully saturated rings. The van der Waals surface area contributed by atoms with Crippen molar-refractivity contribution < 1.29 is 18.3 Å². The molecule has 3 rings (SSSR count). The Bertz CT molecular complexity index is 882. The van der Waals surface area contributed by atoms with Gasteiger partial charge in [0.1, 0.15) is 0 Å². The number of carbonyl (C=O) groups is 1. The highest BCUT2D eigenvalue weighted by molar-refractivity contribution is 7.99. The number of rotatable bonds is 8. The van der Waals surface area contributed by atoms with E-state index in [-0.39, 0.29) is 16.6 Å². The predicted octanol–water partition coefficient (Wildman–Crippen LogP) is 4.08. The molecule has 0 amide bonds. The van der Waals surface area contributed by atoms with Gasteiger partial charge in [-0.15, -0.1) is 11.8 Å². The third-order valence-corrected chi connectivity index (χ3v) is 8.07. The molecule has 0 radical (unpaired) electrons. The summed E-state index contributed by atoms with van der Waals surface area (Å²) in [4.78, 5) is 17.0. The number of aryl methyl sites for hydroxylation is 1. The minimum atomic E-state index is -3.49. The first-order valence-corrected chi connectivity index (χ1v) is 12.2. The van der Waals surface area contributed by atoms with Crippen molar-refractivity contribution in [2.24, 2.45) is 11.8 Å². The van der Waals surface area contributed by atoms with Crippen LogP contribution in [0.3, 0.4) is 0 Å². The average Bonchev–Trinajstić information content (AvgIpc) is 2.69. The second-order valence-corrected chi connectivity index (χ2v) is 10.4. The van der Waals surface area contributed by atoms with Crippen LogP contribution in [0.5, 0.6) is 0 Å². The molecule has 2 atom stereocenters. The third-order valence-electron chi connectivity index (χ3n) is 5.20. The zero-order valence-electron chi connectivity index (χ0n) is 15.7. The maximum atomic E-state index is 12.8. The molecule has 0 aliphatic heterocycles. The molecule has 1 aromatic heterocycles. The number of thioether (sulfide) groups is 1. The van der Waals surface area contributed by atoms with Crippen LogP contribution < -0.4 is 0 Å². The molecular weight excluding hydrogens is 394 g/mol. The summed E-state index contributed by atoms with van der Waals surface area (Å²) < 4.78 is 25.5. The van der Waals surface area contributed by atoms with Gasteiger partial charge in [0.05, 0.1) is 16.6 Å². The van der Waals surface area contributed by atoms with E-state index < -0.39 is 21.7 Å². The van der Waals surface area contributed by atoms with Crippen molar-refractivity contribution in [3.05, 3.63) is 54.4 Å². The highest BCUT2D eigenvalue weighted by atomic mass is 32.2. The third kappa shape index (κ3) is 5.58. The Hall–Kier alpha value is -1.86. The van der Waals surface area contributed by atoms with Crippen LogP contribution >= 0.6 is 11.8 Å². The van der Waals surface area contributed by atoms with Crippen LogP contribution in [0, 0.1) is 11.8 Å². The van der Waals surface area contributed by atoms with Crippen LogP contribution in [0.15, 0.2) is 58.5 Å². The van der Waals surface area contributed by atoms with Gasteiger partial charge in [-0.2, -0.15) is 0 Å². The highest BCUT2D eigenvalue weighted by Gasteiger charge is 2.34. The number of benzene rings is 1. The van der Waals surface area contributed by atoms with E-state index in [1.165, 1.54) is 0 Å². The Morgan fingerprint density at radius 1 is 1.11 bits per heavy atom. The first-order chi connectivity index (χ1) is 13.5. The lowest BCUT2D eigenvalue weighted by Crippen LogP contribution is -2.32. The Morgan fingerprint density at radius 3 is 2.54 bits per heavy atom. The van der Waals surface area contributed by atoms with Crippen molar-refractivity contribution >= 4 is 27.6 Å². The van der Waals surface area contributed by atoms with Crippen LogP contribution in [0.4, 0.5) is 0 Å². The van der Waals surface area contributed by atoms with Crippen molar-refractivity contribution in [2.45, 2.75) is 41.9 Å². The van der Waals surface area contributed by atoms with Crippen molar-refractivity contribution in [3.8, 4) is 0 Å². The first-order valence-electron chi connectivity index (χ1n) is 9.54. The van der Waals surface area contributed by atoms with Crippen molar-refractivity contribution in [1.82, 2.24) is 4.98 Å². The van der Waals surface area contributed by atoms with Crippen LogP contribution in [0.25, 0.3) is 0 Å². The summed E-state index contributed by atoms with van der Waals surface area (Å²) in [6.45, 7) is 0. The molecular formula is C21H25NO4S2. The maximum absolute atomic E-state index is 12.8. The number of hydrogen-bond acceptors (Lipinski definition) is 5. The summed E-state index contributed by atoms with van der Waals surface area (Å²) in [6, 6.07) is 12.8. The number of nitrogens with zero attached hydrogens (tertiary/aromatic N) is 1. The maximum Gasteiger partial charge on any atom is 0.306 e. The lowest BCUT2D eigenvalue weighted by Gasteiger charge is -2.28. The molecule has 1 aliphatic carbocycles. The van der Waals surface area contributed by atoms with Gasteiger partial charge in [-0.3, -0.25) is 9.78 Å². The quantitative estimate of drug-likeness (QED) is 0.649. The van der Waals surface area contributed by atoms with Crippen LogP contribution in [0.2, 0.25) is 0 Å². The van der Waals surface area contributed by atoms with Gasteiger partial charge in [0, 0.05) is 22.5 Å². The molecule has 1 aliphatic rings. The van der Waals surface area contributed by atoms with Gasteiger partial charge < -0.3 is 5.11 Å².